The lowest BCUT2D eigenvalue weighted by Crippen LogP contribution is -2.69. The fourth-order valence-electron chi connectivity index (χ4n) is 2.28. The molecule has 4 nitrogen and oxygen atoms in total. The Morgan fingerprint density at radius 1 is 0.923 bits per heavy atom. The van der Waals surface area contributed by atoms with E-state index in [0.29, 0.717) is 4.70 Å². The van der Waals surface area contributed by atoms with Crippen LogP contribution in [0.25, 0.3) is 0 Å². The monoisotopic (exact) mass is 185 g/mol. The quantitative estimate of drug-likeness (QED) is 0.482. The third kappa shape index (κ3) is 2.40. The number of piperidine rings is 1. The first-order valence-corrected chi connectivity index (χ1v) is 5.47. The Bertz CT molecular complexity index is 159. The molecule has 0 spiro atoms. The van der Waals surface area contributed by atoms with Crippen LogP contribution in [0.2, 0.25) is 0 Å². The third-order valence-corrected chi connectivity index (χ3v) is 3.06. The first-order valence-electron chi connectivity index (χ1n) is 5.47. The lowest BCUT2D eigenvalue weighted by atomic mass is 10.1. The molecule has 2 aliphatic heterocycles. The van der Waals surface area contributed by atoms with E-state index in [9.17, 15) is 0 Å². The topological polar surface area (TPSA) is 41.3 Å². The molecule has 0 unspecified atom stereocenters. The summed E-state index contributed by atoms with van der Waals surface area (Å²) in [5, 5.41) is 2.28. The Morgan fingerprint density at radius 3 is 2.15 bits per heavy atom. The molecular weight excluding hydrogens is 164 g/mol. The first kappa shape index (κ1) is 9.40. The van der Waals surface area contributed by atoms with E-state index >= 15 is 0 Å². The molecule has 2 rings (SSSR count). The fourth-order valence-corrected chi connectivity index (χ4v) is 2.28. The van der Waals surface area contributed by atoms with Gasteiger partial charge in [0.25, 0.3) is 0 Å². The van der Waals surface area contributed by atoms with Crippen LogP contribution >= 0.6 is 0 Å². The Kier molecular flexibility index (Phi) is 2.83. The van der Waals surface area contributed by atoms with Crippen molar-refractivity contribution < 1.29 is 4.70 Å². The van der Waals surface area contributed by atoms with Gasteiger partial charge in [-0.3, -0.25) is 0 Å². The summed E-state index contributed by atoms with van der Waals surface area (Å²) < 4.78 is 0.569. The van der Waals surface area contributed by atoms with E-state index in [1.807, 2.05) is 0 Å². The van der Waals surface area contributed by atoms with Crippen molar-refractivity contribution in [3.63, 3.8) is 0 Å². The summed E-state index contributed by atoms with van der Waals surface area (Å²) in [6, 6.07) is 0. The molecule has 0 atom stereocenters. The van der Waals surface area contributed by atoms with E-state index in [4.69, 9.17) is 5.84 Å². The number of hydrogen-bond donors (Lipinski definition) is 2. The van der Waals surface area contributed by atoms with E-state index in [2.05, 4.69) is 10.5 Å². The summed E-state index contributed by atoms with van der Waals surface area (Å²) in [5.74, 6) is 6.22. The highest BCUT2D eigenvalue weighted by Gasteiger charge is 2.29. The minimum absolute atomic E-state index is 0.569. The highest BCUT2D eigenvalue weighted by molar-refractivity contribution is 4.59. The molecule has 0 aromatic rings. The average molecular weight is 185 g/mol. The molecule has 13 heavy (non-hydrogen) atoms. The maximum Gasteiger partial charge on any atom is 0.116 e. The predicted molar refractivity (Wildman–Crippen MR) is 52.0 cm³/mol. The molecular formula is C9H21N4+. The zero-order valence-corrected chi connectivity index (χ0v) is 8.34. The van der Waals surface area contributed by atoms with Crippen LogP contribution in [-0.2, 0) is 0 Å². The normalized spacial score (nSPS) is 29.3. The molecule has 0 amide bonds. The Balaban J connectivity index is 1.83. The molecule has 2 fully saturated rings. The number of hydrogen-bond acceptors (Lipinski definition) is 3. The van der Waals surface area contributed by atoms with Gasteiger partial charge in [0, 0.05) is 25.9 Å². The van der Waals surface area contributed by atoms with Crippen LogP contribution in [0.1, 0.15) is 32.1 Å². The van der Waals surface area contributed by atoms with Crippen LogP contribution in [0.4, 0.5) is 0 Å². The standard InChI is InChI=1S/C9H21N4/c10-13(8-4-1-5-9-13)11-12-6-2-3-7-12/h11H,1-10H2/q+1. The molecule has 76 valence electrons. The van der Waals surface area contributed by atoms with Crippen molar-refractivity contribution in [2.24, 2.45) is 5.84 Å². The van der Waals surface area contributed by atoms with E-state index in [-0.39, 0.29) is 0 Å². The van der Waals surface area contributed by atoms with Gasteiger partial charge >= 0.3 is 0 Å². The summed E-state index contributed by atoms with van der Waals surface area (Å²) in [4.78, 5) is 0. The maximum atomic E-state index is 6.22. The fraction of sp³-hybridized carbons (Fsp3) is 1.00. The van der Waals surface area contributed by atoms with Crippen LogP contribution in [0.3, 0.4) is 0 Å². The SMILES string of the molecule is N[N+]1(NN2CCCC2)CCCCC1. The van der Waals surface area contributed by atoms with Crippen LogP contribution in [-0.4, -0.2) is 35.9 Å². The average Bonchev–Trinajstić information content (AvgIpc) is 2.57. The van der Waals surface area contributed by atoms with Gasteiger partial charge in [-0.25, -0.2) is 0 Å². The van der Waals surface area contributed by atoms with Crippen molar-refractivity contribution in [3.05, 3.63) is 0 Å². The second kappa shape index (κ2) is 3.92. The molecule has 0 aromatic heterocycles. The Labute approximate surface area is 80.2 Å². The molecule has 0 aromatic carbocycles. The summed E-state index contributed by atoms with van der Waals surface area (Å²) in [6.07, 6.45) is 6.49. The summed E-state index contributed by atoms with van der Waals surface area (Å²) in [6.45, 7) is 4.49. The molecule has 2 saturated heterocycles. The van der Waals surface area contributed by atoms with Crippen LogP contribution in [0.15, 0.2) is 0 Å². The van der Waals surface area contributed by atoms with Crippen LogP contribution in [0.5, 0.6) is 0 Å². The molecule has 4 heteroatoms. The first-order chi connectivity index (χ1) is 6.29. The second-order valence-corrected chi connectivity index (χ2v) is 4.34. The van der Waals surface area contributed by atoms with Gasteiger partial charge in [0.1, 0.15) is 13.1 Å². The highest BCUT2D eigenvalue weighted by Crippen LogP contribution is 2.13. The van der Waals surface area contributed by atoms with Gasteiger partial charge in [-0.1, -0.05) is 5.53 Å². The Hall–Kier alpha value is -0.160. The number of rotatable bonds is 2. The van der Waals surface area contributed by atoms with E-state index < -0.39 is 0 Å². The van der Waals surface area contributed by atoms with Crippen molar-refractivity contribution in [1.82, 2.24) is 10.5 Å². The van der Waals surface area contributed by atoms with Crippen molar-refractivity contribution in [2.45, 2.75) is 32.1 Å². The number of quaternary nitrogens is 1. The van der Waals surface area contributed by atoms with Gasteiger partial charge < -0.3 is 0 Å². The molecule has 0 aliphatic carbocycles. The van der Waals surface area contributed by atoms with Gasteiger partial charge in [0.05, 0.1) is 0 Å². The minimum atomic E-state index is 0.569. The molecule has 0 bridgehead atoms. The third-order valence-electron chi connectivity index (χ3n) is 3.06. The van der Waals surface area contributed by atoms with Gasteiger partial charge in [-0.2, -0.15) is 15.6 Å². The van der Waals surface area contributed by atoms with Gasteiger partial charge in [0.2, 0.25) is 0 Å². The van der Waals surface area contributed by atoms with Gasteiger partial charge in [-0.15, -0.1) is 0 Å². The van der Waals surface area contributed by atoms with E-state index in [0.717, 1.165) is 26.2 Å². The predicted octanol–water partition coefficient (Wildman–Crippen LogP) is 0.376. The molecule has 0 saturated carbocycles. The number of hydrazine groups is 1. The lowest BCUT2D eigenvalue weighted by molar-refractivity contribution is -0.998. The number of nitrogens with zero attached hydrogens (tertiary/aromatic N) is 2. The molecule has 3 N–H and O–H groups in total. The lowest BCUT2D eigenvalue weighted by Gasteiger charge is -2.37. The van der Waals surface area contributed by atoms with Crippen molar-refractivity contribution >= 4 is 0 Å². The van der Waals surface area contributed by atoms with Crippen LogP contribution in [0, 0.1) is 0 Å². The summed E-state index contributed by atoms with van der Waals surface area (Å²) >= 11 is 0. The Morgan fingerprint density at radius 2 is 1.54 bits per heavy atom. The highest BCUT2D eigenvalue weighted by atomic mass is 15.9. The van der Waals surface area contributed by atoms with Crippen molar-refractivity contribution in [3.8, 4) is 0 Å². The molecule has 2 heterocycles. The minimum Gasteiger partial charge on any atom is -0.198 e. The maximum absolute atomic E-state index is 6.22. The zero-order valence-electron chi connectivity index (χ0n) is 8.34. The largest absolute Gasteiger partial charge is 0.198 e. The van der Waals surface area contributed by atoms with Crippen LogP contribution < -0.4 is 11.4 Å². The summed E-state index contributed by atoms with van der Waals surface area (Å²) in [5.41, 5.74) is 3.44. The van der Waals surface area contributed by atoms with E-state index in [1.54, 1.807) is 0 Å². The second-order valence-electron chi connectivity index (χ2n) is 4.34. The summed E-state index contributed by atoms with van der Waals surface area (Å²) in [7, 11) is 0. The molecule has 2 aliphatic rings. The van der Waals surface area contributed by atoms with Crippen molar-refractivity contribution in [2.75, 3.05) is 26.2 Å². The van der Waals surface area contributed by atoms with Crippen molar-refractivity contribution in [1.29, 1.82) is 0 Å². The smallest absolute Gasteiger partial charge is 0.116 e. The van der Waals surface area contributed by atoms with Gasteiger partial charge in [0.15, 0.2) is 0 Å². The molecule has 0 radical (unpaired) electrons. The number of nitrogens with one attached hydrogen (secondary N) is 1. The van der Waals surface area contributed by atoms with Gasteiger partial charge in [-0.05, 0) is 19.3 Å². The number of nitrogens with two attached hydrogens (primary N) is 1. The zero-order chi connectivity index (χ0) is 9.15. The van der Waals surface area contributed by atoms with E-state index in [1.165, 1.54) is 32.1 Å².